The second kappa shape index (κ2) is 11.0. The highest BCUT2D eigenvalue weighted by molar-refractivity contribution is 5.88. The SMILES string of the molecule is CCOC(=O)Nc1cccc(NC(C)C(=O)NC(c2ccccc2)c2ccccc2)c1C. The summed E-state index contributed by atoms with van der Waals surface area (Å²) < 4.78 is 4.95. The van der Waals surface area contributed by atoms with Crippen molar-refractivity contribution in [2.45, 2.75) is 32.9 Å². The Labute approximate surface area is 189 Å². The minimum Gasteiger partial charge on any atom is -0.450 e. The van der Waals surface area contributed by atoms with E-state index in [1.807, 2.05) is 86.6 Å². The third-order valence-corrected chi connectivity index (χ3v) is 5.16. The summed E-state index contributed by atoms with van der Waals surface area (Å²) in [5.41, 5.74) is 4.24. The smallest absolute Gasteiger partial charge is 0.411 e. The van der Waals surface area contributed by atoms with E-state index in [-0.39, 0.29) is 11.9 Å². The van der Waals surface area contributed by atoms with Crippen LogP contribution in [0.3, 0.4) is 0 Å². The van der Waals surface area contributed by atoms with Gasteiger partial charge in [0.2, 0.25) is 5.91 Å². The largest absolute Gasteiger partial charge is 0.450 e. The van der Waals surface area contributed by atoms with Crippen LogP contribution in [0.4, 0.5) is 16.2 Å². The molecule has 0 spiro atoms. The molecule has 1 unspecified atom stereocenters. The lowest BCUT2D eigenvalue weighted by molar-refractivity contribution is -0.122. The Morgan fingerprint density at radius 3 is 1.97 bits per heavy atom. The zero-order valence-electron chi connectivity index (χ0n) is 18.6. The topological polar surface area (TPSA) is 79.5 Å². The summed E-state index contributed by atoms with van der Waals surface area (Å²) in [4.78, 5) is 24.9. The molecule has 2 amide bonds. The lowest BCUT2D eigenvalue weighted by Crippen LogP contribution is -2.40. The molecule has 0 fully saturated rings. The number of hydrogen-bond acceptors (Lipinski definition) is 4. The van der Waals surface area contributed by atoms with Crippen LogP contribution in [-0.4, -0.2) is 24.6 Å². The fraction of sp³-hybridized carbons (Fsp3) is 0.231. The first kappa shape index (κ1) is 22.9. The minimum absolute atomic E-state index is 0.133. The minimum atomic E-state index is -0.507. The highest BCUT2D eigenvalue weighted by atomic mass is 16.5. The summed E-state index contributed by atoms with van der Waals surface area (Å²) in [6.45, 7) is 5.74. The van der Waals surface area contributed by atoms with Gasteiger partial charge >= 0.3 is 6.09 Å². The van der Waals surface area contributed by atoms with Gasteiger partial charge in [-0.15, -0.1) is 0 Å². The predicted molar refractivity (Wildman–Crippen MR) is 128 cm³/mol. The van der Waals surface area contributed by atoms with Crippen LogP contribution in [-0.2, 0) is 9.53 Å². The van der Waals surface area contributed by atoms with Gasteiger partial charge < -0.3 is 15.4 Å². The van der Waals surface area contributed by atoms with Crippen molar-refractivity contribution in [2.75, 3.05) is 17.2 Å². The number of anilines is 2. The molecule has 1 atom stereocenters. The number of carbonyl (C=O) groups is 2. The number of rotatable bonds is 8. The van der Waals surface area contributed by atoms with Gasteiger partial charge in [-0.2, -0.15) is 0 Å². The van der Waals surface area contributed by atoms with Gasteiger partial charge in [0.1, 0.15) is 6.04 Å². The zero-order valence-corrected chi connectivity index (χ0v) is 18.6. The first-order chi connectivity index (χ1) is 15.5. The van der Waals surface area contributed by atoms with Gasteiger partial charge in [-0.05, 0) is 49.6 Å². The van der Waals surface area contributed by atoms with Crippen LogP contribution in [0, 0.1) is 6.92 Å². The highest BCUT2D eigenvalue weighted by Gasteiger charge is 2.21. The average Bonchev–Trinajstić information content (AvgIpc) is 2.81. The van der Waals surface area contributed by atoms with Crippen molar-refractivity contribution in [1.29, 1.82) is 0 Å². The number of benzene rings is 3. The molecular weight excluding hydrogens is 402 g/mol. The Hall–Kier alpha value is -3.80. The molecule has 0 saturated heterocycles. The average molecular weight is 432 g/mol. The quantitative estimate of drug-likeness (QED) is 0.454. The number of ether oxygens (including phenoxy) is 1. The van der Waals surface area contributed by atoms with Crippen molar-refractivity contribution < 1.29 is 14.3 Å². The van der Waals surface area contributed by atoms with E-state index < -0.39 is 12.1 Å². The Morgan fingerprint density at radius 2 is 1.41 bits per heavy atom. The second-order valence-electron chi connectivity index (χ2n) is 7.45. The molecule has 0 bridgehead atoms. The van der Waals surface area contributed by atoms with Crippen LogP contribution in [0.1, 0.15) is 36.6 Å². The molecule has 0 aliphatic rings. The number of carbonyl (C=O) groups excluding carboxylic acids is 2. The first-order valence-corrected chi connectivity index (χ1v) is 10.7. The van der Waals surface area contributed by atoms with Crippen molar-refractivity contribution in [3.05, 3.63) is 95.6 Å². The van der Waals surface area contributed by atoms with E-state index in [1.54, 1.807) is 13.0 Å². The maximum absolute atomic E-state index is 13.1. The Balaban J connectivity index is 1.74. The summed E-state index contributed by atoms with van der Waals surface area (Å²) >= 11 is 0. The van der Waals surface area contributed by atoms with E-state index in [2.05, 4.69) is 16.0 Å². The Bertz CT molecular complexity index is 999. The molecule has 3 N–H and O–H groups in total. The first-order valence-electron chi connectivity index (χ1n) is 10.7. The normalized spacial score (nSPS) is 11.5. The van der Waals surface area contributed by atoms with Crippen LogP contribution in [0.2, 0.25) is 0 Å². The van der Waals surface area contributed by atoms with E-state index in [1.165, 1.54) is 0 Å². The lowest BCUT2D eigenvalue weighted by Gasteiger charge is -2.24. The molecule has 6 heteroatoms. The number of hydrogen-bond donors (Lipinski definition) is 3. The fourth-order valence-electron chi connectivity index (χ4n) is 3.42. The Kier molecular flexibility index (Phi) is 7.86. The van der Waals surface area contributed by atoms with Crippen molar-refractivity contribution in [3.8, 4) is 0 Å². The molecule has 0 saturated carbocycles. The fourth-order valence-corrected chi connectivity index (χ4v) is 3.42. The van der Waals surface area contributed by atoms with Gasteiger partial charge in [-0.1, -0.05) is 66.7 Å². The molecule has 0 aliphatic heterocycles. The van der Waals surface area contributed by atoms with Crippen LogP contribution in [0.15, 0.2) is 78.9 Å². The molecule has 0 radical (unpaired) electrons. The molecule has 0 heterocycles. The van der Waals surface area contributed by atoms with Gasteiger partial charge in [0.25, 0.3) is 0 Å². The number of nitrogens with one attached hydrogen (secondary N) is 3. The Morgan fingerprint density at radius 1 is 0.844 bits per heavy atom. The summed E-state index contributed by atoms with van der Waals surface area (Å²) in [5.74, 6) is -0.133. The van der Waals surface area contributed by atoms with E-state index in [4.69, 9.17) is 4.74 Å². The van der Waals surface area contributed by atoms with E-state index in [9.17, 15) is 9.59 Å². The molecule has 0 aromatic heterocycles. The van der Waals surface area contributed by atoms with Gasteiger partial charge in [-0.25, -0.2) is 4.79 Å². The molecule has 3 rings (SSSR count). The lowest BCUT2D eigenvalue weighted by atomic mass is 9.98. The standard InChI is InChI=1S/C26H29N3O3/c1-4-32-26(31)28-23-17-11-16-22(18(23)2)27-19(3)25(30)29-24(20-12-7-5-8-13-20)21-14-9-6-10-15-21/h5-17,19,24,27H,4H2,1-3H3,(H,28,31)(H,29,30). The zero-order chi connectivity index (χ0) is 22.9. The monoisotopic (exact) mass is 431 g/mol. The van der Waals surface area contributed by atoms with Gasteiger partial charge in [0.05, 0.1) is 12.6 Å². The summed E-state index contributed by atoms with van der Waals surface area (Å²) in [5, 5.41) is 9.15. The maximum Gasteiger partial charge on any atom is 0.411 e. The van der Waals surface area contributed by atoms with Crippen molar-refractivity contribution in [2.24, 2.45) is 0 Å². The van der Waals surface area contributed by atoms with E-state index in [0.29, 0.717) is 12.3 Å². The van der Waals surface area contributed by atoms with Gasteiger partial charge in [0, 0.05) is 11.4 Å². The molecular formula is C26H29N3O3. The third kappa shape index (κ3) is 5.88. The van der Waals surface area contributed by atoms with Gasteiger partial charge in [-0.3, -0.25) is 10.1 Å². The van der Waals surface area contributed by atoms with Crippen LogP contribution >= 0.6 is 0 Å². The third-order valence-electron chi connectivity index (χ3n) is 5.16. The summed E-state index contributed by atoms with van der Waals surface area (Å²) in [7, 11) is 0. The highest BCUT2D eigenvalue weighted by Crippen LogP contribution is 2.25. The summed E-state index contributed by atoms with van der Waals surface area (Å²) in [6.07, 6.45) is -0.507. The molecule has 166 valence electrons. The van der Waals surface area contributed by atoms with E-state index >= 15 is 0 Å². The molecule has 3 aromatic carbocycles. The summed E-state index contributed by atoms with van der Waals surface area (Å²) in [6, 6.07) is 24.5. The van der Waals surface area contributed by atoms with Crippen molar-refractivity contribution >= 4 is 23.4 Å². The van der Waals surface area contributed by atoms with E-state index in [0.717, 1.165) is 22.4 Å². The number of amides is 2. The predicted octanol–water partition coefficient (Wildman–Crippen LogP) is 5.27. The van der Waals surface area contributed by atoms with Crippen molar-refractivity contribution in [3.63, 3.8) is 0 Å². The van der Waals surface area contributed by atoms with Crippen LogP contribution in [0.5, 0.6) is 0 Å². The van der Waals surface area contributed by atoms with Crippen LogP contribution < -0.4 is 16.0 Å². The molecule has 6 nitrogen and oxygen atoms in total. The van der Waals surface area contributed by atoms with Crippen LogP contribution in [0.25, 0.3) is 0 Å². The molecule has 0 aliphatic carbocycles. The van der Waals surface area contributed by atoms with Gasteiger partial charge in [0.15, 0.2) is 0 Å². The second-order valence-corrected chi connectivity index (χ2v) is 7.45. The molecule has 3 aromatic rings. The van der Waals surface area contributed by atoms with Crippen molar-refractivity contribution in [1.82, 2.24) is 5.32 Å². The maximum atomic E-state index is 13.1. The molecule has 32 heavy (non-hydrogen) atoms.